The van der Waals surface area contributed by atoms with Gasteiger partial charge in [-0.3, -0.25) is 4.90 Å². The van der Waals surface area contributed by atoms with Gasteiger partial charge < -0.3 is 0 Å². The van der Waals surface area contributed by atoms with Gasteiger partial charge in [-0.05, 0) is 34.4 Å². The molecule has 0 spiro atoms. The van der Waals surface area contributed by atoms with Gasteiger partial charge in [0.1, 0.15) is 0 Å². The van der Waals surface area contributed by atoms with E-state index in [9.17, 15) is 0 Å². The molecule has 1 aromatic heterocycles. The highest BCUT2D eigenvalue weighted by Gasteiger charge is 2.16. The van der Waals surface area contributed by atoms with Crippen LogP contribution in [-0.2, 0) is 13.1 Å². The molecule has 21 heavy (non-hydrogen) atoms. The summed E-state index contributed by atoms with van der Waals surface area (Å²) in [6, 6.07) is 10.6. The maximum absolute atomic E-state index is 4.15. The minimum atomic E-state index is 0.825. The molecule has 1 aliphatic rings. The lowest BCUT2D eigenvalue weighted by molar-refractivity contribution is 0.279. The number of aryl methyl sites for hydroxylation is 1. The van der Waals surface area contributed by atoms with Crippen molar-refractivity contribution in [3.63, 3.8) is 0 Å². The number of hydrogen-bond acceptors (Lipinski definition) is 4. The van der Waals surface area contributed by atoms with Crippen molar-refractivity contribution in [2.24, 2.45) is 0 Å². The smallest absolute Gasteiger partial charge is 0.165 e. The summed E-state index contributed by atoms with van der Waals surface area (Å²) in [5.74, 6) is 0.966. The Hall–Kier alpha value is -2.01. The fourth-order valence-electron chi connectivity index (χ4n) is 2.69. The highest BCUT2D eigenvalue weighted by atomic mass is 15.5. The van der Waals surface area contributed by atoms with Crippen LogP contribution in [0.2, 0.25) is 0 Å². The van der Waals surface area contributed by atoms with E-state index < -0.39 is 0 Å². The third kappa shape index (κ3) is 3.36. The predicted molar refractivity (Wildman–Crippen MR) is 82.4 cm³/mol. The molecule has 110 valence electrons. The molecule has 0 N–H and O–H groups in total. The van der Waals surface area contributed by atoms with Crippen molar-refractivity contribution in [3.8, 4) is 0 Å². The number of nitrogens with zero attached hydrogens (tertiary/aromatic N) is 5. The van der Waals surface area contributed by atoms with Crippen molar-refractivity contribution in [2.75, 3.05) is 13.1 Å². The number of benzene rings is 1. The van der Waals surface area contributed by atoms with Gasteiger partial charge in [-0.15, -0.1) is 5.10 Å². The summed E-state index contributed by atoms with van der Waals surface area (Å²) in [6.07, 6.45) is 4.46. The number of tetrazole rings is 1. The van der Waals surface area contributed by atoms with E-state index in [0.29, 0.717) is 0 Å². The first-order valence-electron chi connectivity index (χ1n) is 7.58. The van der Waals surface area contributed by atoms with Gasteiger partial charge >= 0.3 is 0 Å². The summed E-state index contributed by atoms with van der Waals surface area (Å²) in [6.45, 7) is 5.87. The second-order valence-corrected chi connectivity index (χ2v) is 5.40. The topological polar surface area (TPSA) is 46.8 Å². The summed E-state index contributed by atoms with van der Waals surface area (Å²) in [4.78, 5) is 2.39. The van der Waals surface area contributed by atoms with E-state index in [1.807, 2.05) is 4.68 Å². The molecular weight excluding hydrogens is 262 g/mol. The molecular formula is C16H21N5. The Morgan fingerprint density at radius 3 is 2.76 bits per heavy atom. The van der Waals surface area contributed by atoms with Gasteiger partial charge in [0.05, 0.1) is 6.54 Å². The van der Waals surface area contributed by atoms with E-state index in [0.717, 1.165) is 44.8 Å². The van der Waals surface area contributed by atoms with E-state index in [1.165, 1.54) is 11.1 Å². The minimum Gasteiger partial charge on any atom is -0.292 e. The van der Waals surface area contributed by atoms with Crippen LogP contribution < -0.4 is 0 Å². The molecule has 0 bridgehead atoms. The van der Waals surface area contributed by atoms with Crippen LogP contribution in [-0.4, -0.2) is 38.2 Å². The Morgan fingerprint density at radius 1 is 1.19 bits per heavy atom. The summed E-state index contributed by atoms with van der Waals surface area (Å²) in [5, 5.41) is 12.0. The third-order valence-corrected chi connectivity index (χ3v) is 3.84. The molecule has 5 heteroatoms. The van der Waals surface area contributed by atoms with E-state index in [2.05, 4.69) is 63.8 Å². The normalized spacial score (nSPS) is 16.0. The van der Waals surface area contributed by atoms with Gasteiger partial charge in [0.25, 0.3) is 0 Å². The van der Waals surface area contributed by atoms with Crippen LogP contribution in [0.5, 0.6) is 0 Å². The van der Waals surface area contributed by atoms with Crippen LogP contribution in [0, 0.1) is 0 Å². The molecule has 0 fully saturated rings. The Bertz CT molecular complexity index is 602. The zero-order chi connectivity index (χ0) is 14.5. The van der Waals surface area contributed by atoms with E-state index in [-0.39, 0.29) is 0 Å². The standard InChI is InChI=1S/C16H21N5/c1-2-10-21-16(17-18-19-21)13-20-11-8-15(9-12-20)14-6-4-3-5-7-14/h3-8H,2,9-13H2,1H3. The Balaban J connectivity index is 1.63. The lowest BCUT2D eigenvalue weighted by Gasteiger charge is -2.25. The Labute approximate surface area is 125 Å². The van der Waals surface area contributed by atoms with Gasteiger partial charge in [-0.1, -0.05) is 43.3 Å². The van der Waals surface area contributed by atoms with Crippen molar-refractivity contribution < 1.29 is 0 Å². The molecule has 0 aliphatic carbocycles. The first kappa shape index (κ1) is 13.9. The van der Waals surface area contributed by atoms with Crippen molar-refractivity contribution >= 4 is 5.57 Å². The van der Waals surface area contributed by atoms with E-state index in [1.54, 1.807) is 0 Å². The molecule has 2 heterocycles. The molecule has 5 nitrogen and oxygen atoms in total. The fraction of sp³-hybridized carbons (Fsp3) is 0.438. The van der Waals surface area contributed by atoms with Crippen LogP contribution in [0.3, 0.4) is 0 Å². The SMILES string of the molecule is CCCn1nnnc1CN1CC=C(c2ccccc2)CC1. The third-order valence-electron chi connectivity index (χ3n) is 3.84. The van der Waals surface area contributed by atoms with Crippen molar-refractivity contribution in [1.29, 1.82) is 0 Å². The average Bonchev–Trinajstić information content (AvgIpc) is 2.96. The molecule has 0 saturated heterocycles. The number of rotatable bonds is 5. The summed E-state index contributed by atoms with van der Waals surface area (Å²) >= 11 is 0. The molecule has 3 rings (SSSR count). The predicted octanol–water partition coefficient (Wildman–Crippen LogP) is 2.37. The van der Waals surface area contributed by atoms with E-state index >= 15 is 0 Å². The molecule has 0 radical (unpaired) electrons. The van der Waals surface area contributed by atoms with Crippen molar-refractivity contribution in [1.82, 2.24) is 25.1 Å². The van der Waals surface area contributed by atoms with Crippen LogP contribution in [0.25, 0.3) is 5.57 Å². The molecule has 1 aliphatic heterocycles. The maximum Gasteiger partial charge on any atom is 0.165 e. The molecule has 0 atom stereocenters. The fourth-order valence-corrected chi connectivity index (χ4v) is 2.69. The zero-order valence-corrected chi connectivity index (χ0v) is 12.4. The molecule has 0 amide bonds. The van der Waals surface area contributed by atoms with Crippen LogP contribution >= 0.6 is 0 Å². The van der Waals surface area contributed by atoms with Gasteiger partial charge in [0, 0.05) is 19.6 Å². The van der Waals surface area contributed by atoms with Gasteiger partial charge in [-0.2, -0.15) is 0 Å². The largest absolute Gasteiger partial charge is 0.292 e. The van der Waals surface area contributed by atoms with Gasteiger partial charge in [0.2, 0.25) is 0 Å². The van der Waals surface area contributed by atoms with E-state index in [4.69, 9.17) is 0 Å². The van der Waals surface area contributed by atoms with Crippen LogP contribution in [0.1, 0.15) is 31.2 Å². The summed E-state index contributed by atoms with van der Waals surface area (Å²) in [5.41, 5.74) is 2.79. The highest BCUT2D eigenvalue weighted by molar-refractivity contribution is 5.66. The zero-order valence-electron chi connectivity index (χ0n) is 12.4. The summed E-state index contributed by atoms with van der Waals surface area (Å²) in [7, 11) is 0. The lowest BCUT2D eigenvalue weighted by atomic mass is 10.00. The number of aromatic nitrogens is 4. The molecule has 0 unspecified atom stereocenters. The second-order valence-electron chi connectivity index (χ2n) is 5.40. The monoisotopic (exact) mass is 283 g/mol. The van der Waals surface area contributed by atoms with Crippen LogP contribution in [0.4, 0.5) is 0 Å². The highest BCUT2D eigenvalue weighted by Crippen LogP contribution is 2.22. The van der Waals surface area contributed by atoms with Gasteiger partial charge in [-0.25, -0.2) is 4.68 Å². The quantitative estimate of drug-likeness (QED) is 0.845. The van der Waals surface area contributed by atoms with Crippen LogP contribution in [0.15, 0.2) is 36.4 Å². The molecule has 1 aromatic carbocycles. The van der Waals surface area contributed by atoms with Crippen molar-refractivity contribution in [3.05, 3.63) is 47.8 Å². The lowest BCUT2D eigenvalue weighted by Crippen LogP contribution is -2.29. The first-order chi connectivity index (χ1) is 10.4. The summed E-state index contributed by atoms with van der Waals surface area (Å²) < 4.78 is 1.91. The molecule has 0 saturated carbocycles. The maximum atomic E-state index is 4.15. The average molecular weight is 283 g/mol. The first-order valence-corrected chi connectivity index (χ1v) is 7.58. The molecule has 2 aromatic rings. The number of hydrogen-bond donors (Lipinski definition) is 0. The minimum absolute atomic E-state index is 0.825. The van der Waals surface area contributed by atoms with Gasteiger partial charge in [0.15, 0.2) is 5.82 Å². The second kappa shape index (κ2) is 6.63. The Kier molecular flexibility index (Phi) is 4.40. The Morgan fingerprint density at radius 2 is 2.05 bits per heavy atom. The van der Waals surface area contributed by atoms with Crippen molar-refractivity contribution in [2.45, 2.75) is 32.9 Å².